The molecule has 1 atom stereocenters. The molecule has 0 aromatic heterocycles. The number of carbonyl (C=O) groups is 2. The van der Waals surface area contributed by atoms with Crippen molar-refractivity contribution in [2.24, 2.45) is 0 Å². The van der Waals surface area contributed by atoms with Gasteiger partial charge in [0.1, 0.15) is 0 Å². The molecular weight excluding hydrogens is 372 g/mol. The highest BCUT2D eigenvalue weighted by Crippen LogP contribution is 2.14. The van der Waals surface area contributed by atoms with Crippen molar-refractivity contribution >= 4 is 28.4 Å². The van der Waals surface area contributed by atoms with Gasteiger partial charge in [-0.15, -0.1) is 0 Å². The number of unbranched alkanes of at least 4 members (excludes halogenated alkanes) is 1. The lowest BCUT2D eigenvalue weighted by Gasteiger charge is -2.08. The Kier molecular flexibility index (Phi) is 11.0. The van der Waals surface area contributed by atoms with Gasteiger partial charge in [0.15, 0.2) is 5.78 Å². The van der Waals surface area contributed by atoms with Crippen LogP contribution in [0.4, 0.5) is 5.69 Å². The van der Waals surface area contributed by atoms with E-state index in [0.717, 1.165) is 6.42 Å². The quantitative estimate of drug-likeness (QED) is 0.236. The molecule has 0 radical (unpaired) electrons. The van der Waals surface area contributed by atoms with Crippen LogP contribution in [0.2, 0.25) is 0 Å². The smallest absolute Gasteiger partial charge is 0.224 e. The summed E-state index contributed by atoms with van der Waals surface area (Å²) in [5.41, 5.74) is 1.86. The van der Waals surface area contributed by atoms with Crippen LogP contribution in [0.25, 0.3) is 0 Å². The van der Waals surface area contributed by atoms with Crippen molar-refractivity contribution in [3.05, 3.63) is 66.3 Å². The lowest BCUT2D eigenvalue weighted by molar-refractivity contribution is -0.116. The van der Waals surface area contributed by atoms with Crippen molar-refractivity contribution < 1.29 is 13.8 Å². The predicted molar refractivity (Wildman–Crippen MR) is 118 cm³/mol. The van der Waals surface area contributed by atoms with Crippen molar-refractivity contribution in [2.45, 2.75) is 45.3 Å². The van der Waals surface area contributed by atoms with Crippen LogP contribution in [-0.2, 0) is 15.8 Å². The minimum atomic E-state index is -1.02. The Balaban J connectivity index is 2.43. The average molecular weight is 403 g/mol. The number of benzene rings is 1. The molecule has 1 rings (SSSR count). The van der Waals surface area contributed by atoms with Crippen LogP contribution in [0.1, 0.15) is 50.4 Å². The van der Waals surface area contributed by atoms with Crippen LogP contribution in [0.3, 0.4) is 0 Å². The van der Waals surface area contributed by atoms with Crippen molar-refractivity contribution in [3.8, 4) is 0 Å². The van der Waals surface area contributed by atoms with Gasteiger partial charge in [-0.25, -0.2) is 8.93 Å². The van der Waals surface area contributed by atoms with Gasteiger partial charge in [-0.05, 0) is 63.5 Å². The Morgan fingerprint density at radius 3 is 2.43 bits per heavy atom. The summed E-state index contributed by atoms with van der Waals surface area (Å²) in [7, 11) is -1.02. The van der Waals surface area contributed by atoms with Gasteiger partial charge in [-0.3, -0.25) is 9.59 Å². The molecular formula is C22H30N2O3S. The summed E-state index contributed by atoms with van der Waals surface area (Å²) in [5, 5.41) is 2.91. The van der Waals surface area contributed by atoms with Crippen molar-refractivity contribution in [1.82, 2.24) is 4.72 Å². The molecule has 0 bridgehead atoms. The first-order valence-corrected chi connectivity index (χ1v) is 10.6. The number of carbonyl (C=O) groups excluding carboxylic acids is 2. The van der Waals surface area contributed by atoms with E-state index in [1.54, 1.807) is 55.5 Å². The predicted octanol–water partition coefficient (Wildman–Crippen LogP) is 4.33. The van der Waals surface area contributed by atoms with E-state index in [1.807, 2.05) is 13.8 Å². The molecule has 0 saturated carbocycles. The van der Waals surface area contributed by atoms with E-state index in [9.17, 15) is 13.8 Å². The summed E-state index contributed by atoms with van der Waals surface area (Å²) in [6.07, 6.45) is 8.81. The second kappa shape index (κ2) is 13.0. The van der Waals surface area contributed by atoms with Crippen molar-refractivity contribution in [1.29, 1.82) is 0 Å². The topological polar surface area (TPSA) is 75.3 Å². The third-order valence-corrected chi connectivity index (χ3v) is 5.23. The number of amides is 1. The first-order chi connectivity index (χ1) is 13.3. The van der Waals surface area contributed by atoms with Crippen LogP contribution in [0, 0.1) is 0 Å². The standard InChI is InChI=1S/C22H30N2O3S/c1-5-6-7-10-18(4)22(26)19-12-14-20(15-13-19)24-21(25)11-8-9-16-23-28(27)17(2)3/h5-7,10,12-15,17,23H,1,8-9,11,16H2,2-4H3,(H,24,25)/b7-6-,18-10+. The second-order valence-corrected chi connectivity index (χ2v) is 8.45. The molecule has 1 amide bonds. The fourth-order valence-electron chi connectivity index (χ4n) is 2.26. The first kappa shape index (κ1) is 23.7. The number of rotatable bonds is 12. The minimum absolute atomic E-state index is 0.0575. The SMILES string of the molecule is C=C/C=C\C=C(/C)C(=O)c1ccc(NC(=O)CCCCNS(=O)C(C)C)cc1. The third kappa shape index (κ3) is 9.06. The monoisotopic (exact) mass is 402 g/mol. The Labute approximate surface area is 170 Å². The molecule has 152 valence electrons. The number of hydrogen-bond donors (Lipinski definition) is 2. The normalized spacial score (nSPS) is 12.9. The van der Waals surface area contributed by atoms with Gasteiger partial charge in [-0.2, -0.15) is 0 Å². The molecule has 0 saturated heterocycles. The summed E-state index contributed by atoms with van der Waals surface area (Å²) in [6.45, 7) is 9.77. The van der Waals surface area contributed by atoms with Crippen molar-refractivity contribution in [2.75, 3.05) is 11.9 Å². The van der Waals surface area contributed by atoms with Gasteiger partial charge >= 0.3 is 0 Å². The molecule has 0 aliphatic rings. The molecule has 1 aromatic carbocycles. The highest BCUT2D eigenvalue weighted by atomic mass is 32.2. The van der Waals surface area contributed by atoms with E-state index in [-0.39, 0.29) is 16.9 Å². The highest BCUT2D eigenvalue weighted by Gasteiger charge is 2.09. The lowest BCUT2D eigenvalue weighted by Crippen LogP contribution is -2.25. The first-order valence-electron chi connectivity index (χ1n) is 9.39. The summed E-state index contributed by atoms with van der Waals surface area (Å²) < 4.78 is 14.5. The zero-order valence-electron chi connectivity index (χ0n) is 16.9. The molecule has 0 heterocycles. The maximum Gasteiger partial charge on any atom is 0.224 e. The van der Waals surface area contributed by atoms with E-state index in [4.69, 9.17) is 0 Å². The third-order valence-electron chi connectivity index (χ3n) is 3.89. The Morgan fingerprint density at radius 2 is 1.82 bits per heavy atom. The maximum atomic E-state index is 12.3. The molecule has 0 spiro atoms. The molecule has 0 fully saturated rings. The average Bonchev–Trinajstić information content (AvgIpc) is 2.67. The molecule has 2 N–H and O–H groups in total. The van der Waals surface area contributed by atoms with Crippen LogP contribution < -0.4 is 10.0 Å². The summed E-state index contributed by atoms with van der Waals surface area (Å²) in [4.78, 5) is 24.3. The van der Waals surface area contributed by atoms with E-state index < -0.39 is 11.0 Å². The van der Waals surface area contributed by atoms with Gasteiger partial charge < -0.3 is 5.32 Å². The molecule has 0 aliphatic heterocycles. The minimum Gasteiger partial charge on any atom is -0.326 e. The maximum absolute atomic E-state index is 12.3. The van der Waals surface area contributed by atoms with Crippen LogP contribution in [0.5, 0.6) is 0 Å². The lowest BCUT2D eigenvalue weighted by atomic mass is 10.0. The van der Waals surface area contributed by atoms with Crippen LogP contribution >= 0.6 is 0 Å². The molecule has 0 aliphatic carbocycles. The van der Waals surface area contributed by atoms with Crippen LogP contribution in [0.15, 0.2) is 60.7 Å². The Morgan fingerprint density at radius 1 is 1.14 bits per heavy atom. The highest BCUT2D eigenvalue weighted by molar-refractivity contribution is 7.83. The Hall–Kier alpha value is -2.31. The van der Waals surface area contributed by atoms with Gasteiger partial charge in [-0.1, -0.05) is 30.9 Å². The zero-order valence-corrected chi connectivity index (χ0v) is 17.7. The van der Waals surface area contributed by atoms with E-state index in [0.29, 0.717) is 36.2 Å². The molecule has 5 nitrogen and oxygen atoms in total. The summed E-state index contributed by atoms with van der Waals surface area (Å²) >= 11 is 0. The van der Waals surface area contributed by atoms with Gasteiger partial charge in [0, 0.05) is 29.5 Å². The molecule has 1 unspecified atom stereocenters. The number of ketones is 1. The molecule has 6 heteroatoms. The second-order valence-electron chi connectivity index (χ2n) is 6.62. The zero-order chi connectivity index (χ0) is 20.9. The summed E-state index contributed by atoms with van der Waals surface area (Å²) in [6, 6.07) is 6.87. The van der Waals surface area contributed by atoms with Gasteiger partial charge in [0.25, 0.3) is 0 Å². The van der Waals surface area contributed by atoms with E-state index in [2.05, 4.69) is 16.6 Å². The van der Waals surface area contributed by atoms with E-state index >= 15 is 0 Å². The number of Topliss-reactive ketones (excluding diaryl/α,β-unsaturated/α-hetero) is 1. The molecule has 1 aromatic rings. The Bertz CT molecular complexity index is 750. The fourth-order valence-corrected chi connectivity index (χ4v) is 2.94. The number of anilines is 1. The van der Waals surface area contributed by atoms with Crippen molar-refractivity contribution in [3.63, 3.8) is 0 Å². The number of nitrogens with one attached hydrogen (secondary N) is 2. The number of hydrogen-bond acceptors (Lipinski definition) is 3. The van der Waals surface area contributed by atoms with Gasteiger partial charge in [0.05, 0.1) is 11.0 Å². The number of allylic oxidation sites excluding steroid dienone is 5. The fraction of sp³-hybridized carbons (Fsp3) is 0.364. The van der Waals surface area contributed by atoms with Crippen LogP contribution in [-0.4, -0.2) is 27.7 Å². The molecule has 28 heavy (non-hydrogen) atoms. The summed E-state index contributed by atoms with van der Waals surface area (Å²) in [5.74, 6) is -0.132. The van der Waals surface area contributed by atoms with Gasteiger partial charge in [0.2, 0.25) is 5.91 Å². The van der Waals surface area contributed by atoms with E-state index in [1.165, 1.54) is 0 Å². The largest absolute Gasteiger partial charge is 0.326 e.